The van der Waals surface area contributed by atoms with Gasteiger partial charge in [0, 0.05) is 18.7 Å². The molecule has 0 spiro atoms. The Balaban J connectivity index is 1.63. The largest absolute Gasteiger partial charge is 0.348 e. The minimum Gasteiger partial charge on any atom is -0.348 e. The molecule has 0 radical (unpaired) electrons. The van der Waals surface area contributed by atoms with Crippen LogP contribution in [0.2, 0.25) is 0 Å². The van der Waals surface area contributed by atoms with Gasteiger partial charge in [-0.15, -0.1) is 11.3 Å². The maximum atomic E-state index is 12.8. The number of nitrogens with one attached hydrogen (secondary N) is 3. The predicted octanol–water partition coefficient (Wildman–Crippen LogP) is 4.92. The Morgan fingerprint density at radius 3 is 2.45 bits per heavy atom. The van der Waals surface area contributed by atoms with Crippen LogP contribution in [0.15, 0.2) is 66.0 Å². The predicted molar refractivity (Wildman–Crippen MR) is 124 cm³/mol. The van der Waals surface area contributed by atoms with Gasteiger partial charge in [0.05, 0.1) is 16.1 Å². The molecule has 0 unspecified atom stereocenters. The van der Waals surface area contributed by atoms with E-state index in [-0.39, 0.29) is 23.6 Å². The zero-order valence-corrected chi connectivity index (χ0v) is 18.3. The van der Waals surface area contributed by atoms with Crippen molar-refractivity contribution in [2.75, 3.05) is 10.6 Å². The number of thiophene rings is 1. The molecule has 7 heteroatoms. The lowest BCUT2D eigenvalue weighted by Crippen LogP contribution is -2.25. The lowest BCUT2D eigenvalue weighted by Gasteiger charge is -2.12. The van der Waals surface area contributed by atoms with E-state index >= 15 is 0 Å². The van der Waals surface area contributed by atoms with Gasteiger partial charge in [-0.3, -0.25) is 14.4 Å². The van der Waals surface area contributed by atoms with E-state index in [4.69, 9.17) is 0 Å². The standard InChI is InChI=1S/C24H25N3O3S/c1-16(2)13-22(28)26-18-8-5-7-17(14-18)15-25-23(29)19-9-3-4-10-20(19)27-24(30)21-11-6-12-31-21/h3-12,14,16H,13,15H2,1-2H3,(H,25,29)(H,26,28)(H,27,30). The number of anilines is 2. The van der Waals surface area contributed by atoms with E-state index in [9.17, 15) is 14.4 Å². The van der Waals surface area contributed by atoms with Crippen LogP contribution in [0, 0.1) is 5.92 Å². The second-order valence-electron chi connectivity index (χ2n) is 7.51. The van der Waals surface area contributed by atoms with Gasteiger partial charge in [-0.2, -0.15) is 0 Å². The quantitative estimate of drug-likeness (QED) is 0.470. The fourth-order valence-electron chi connectivity index (χ4n) is 3.00. The summed E-state index contributed by atoms with van der Waals surface area (Å²) < 4.78 is 0. The van der Waals surface area contributed by atoms with Crippen LogP contribution in [-0.4, -0.2) is 17.7 Å². The van der Waals surface area contributed by atoms with Crippen molar-refractivity contribution >= 4 is 40.4 Å². The number of carbonyl (C=O) groups excluding carboxylic acids is 3. The highest BCUT2D eigenvalue weighted by Crippen LogP contribution is 2.18. The normalized spacial score (nSPS) is 10.5. The Kier molecular flexibility index (Phi) is 7.56. The Labute approximate surface area is 185 Å². The molecule has 0 aliphatic heterocycles. The molecule has 3 N–H and O–H groups in total. The zero-order chi connectivity index (χ0) is 22.2. The monoisotopic (exact) mass is 435 g/mol. The van der Waals surface area contributed by atoms with E-state index in [0.717, 1.165) is 5.56 Å². The number of amides is 3. The van der Waals surface area contributed by atoms with Gasteiger partial charge < -0.3 is 16.0 Å². The van der Waals surface area contributed by atoms with Crippen LogP contribution in [0.5, 0.6) is 0 Å². The van der Waals surface area contributed by atoms with Crippen molar-refractivity contribution in [3.63, 3.8) is 0 Å². The molecule has 3 amide bonds. The van der Waals surface area contributed by atoms with Gasteiger partial charge in [0.25, 0.3) is 11.8 Å². The van der Waals surface area contributed by atoms with Crippen molar-refractivity contribution in [3.8, 4) is 0 Å². The second kappa shape index (κ2) is 10.5. The van der Waals surface area contributed by atoms with Gasteiger partial charge >= 0.3 is 0 Å². The molecule has 3 rings (SSSR count). The maximum absolute atomic E-state index is 12.8. The minimum absolute atomic E-state index is 0.0356. The van der Waals surface area contributed by atoms with Crippen molar-refractivity contribution in [2.24, 2.45) is 5.92 Å². The molecule has 3 aromatic rings. The van der Waals surface area contributed by atoms with Gasteiger partial charge in [0.1, 0.15) is 0 Å². The third kappa shape index (κ3) is 6.52. The third-order valence-electron chi connectivity index (χ3n) is 4.42. The Morgan fingerprint density at radius 2 is 1.71 bits per heavy atom. The van der Waals surface area contributed by atoms with Crippen molar-refractivity contribution in [1.82, 2.24) is 5.32 Å². The summed E-state index contributed by atoms with van der Waals surface area (Å²) in [4.78, 5) is 37.7. The summed E-state index contributed by atoms with van der Waals surface area (Å²) in [5.41, 5.74) is 2.39. The minimum atomic E-state index is -0.295. The number of hydrogen-bond acceptors (Lipinski definition) is 4. The van der Waals surface area contributed by atoms with E-state index in [2.05, 4.69) is 16.0 Å². The van der Waals surface area contributed by atoms with Crippen molar-refractivity contribution < 1.29 is 14.4 Å². The summed E-state index contributed by atoms with van der Waals surface area (Å²) >= 11 is 1.34. The molecule has 0 aliphatic carbocycles. The van der Waals surface area contributed by atoms with Crippen LogP contribution in [-0.2, 0) is 11.3 Å². The van der Waals surface area contributed by atoms with Crippen molar-refractivity contribution in [2.45, 2.75) is 26.8 Å². The molecular formula is C24H25N3O3S. The van der Waals surface area contributed by atoms with Crippen LogP contribution >= 0.6 is 11.3 Å². The average Bonchev–Trinajstić information content (AvgIpc) is 3.27. The molecule has 0 fully saturated rings. The summed E-state index contributed by atoms with van der Waals surface area (Å²) in [5, 5.41) is 10.4. The smallest absolute Gasteiger partial charge is 0.265 e. The van der Waals surface area contributed by atoms with E-state index < -0.39 is 0 Å². The molecule has 0 aliphatic rings. The van der Waals surface area contributed by atoms with E-state index in [0.29, 0.717) is 34.8 Å². The highest BCUT2D eigenvalue weighted by Gasteiger charge is 2.14. The first-order chi connectivity index (χ1) is 14.9. The Bertz CT molecular complexity index is 1060. The van der Waals surface area contributed by atoms with Crippen LogP contribution in [0.1, 0.15) is 45.9 Å². The summed E-state index contributed by atoms with van der Waals surface area (Å²) in [6, 6.07) is 17.8. The summed E-state index contributed by atoms with van der Waals surface area (Å²) in [6.45, 7) is 4.28. The number of carbonyl (C=O) groups is 3. The van der Waals surface area contributed by atoms with E-state index in [1.165, 1.54) is 11.3 Å². The Morgan fingerprint density at radius 1 is 0.903 bits per heavy atom. The fraction of sp³-hybridized carbons (Fsp3) is 0.208. The highest BCUT2D eigenvalue weighted by atomic mass is 32.1. The molecular weight excluding hydrogens is 410 g/mol. The first-order valence-corrected chi connectivity index (χ1v) is 10.9. The van der Waals surface area contributed by atoms with Crippen LogP contribution in [0.3, 0.4) is 0 Å². The van der Waals surface area contributed by atoms with Gasteiger partial charge in [0.2, 0.25) is 5.91 Å². The zero-order valence-electron chi connectivity index (χ0n) is 17.5. The van der Waals surface area contributed by atoms with Crippen molar-refractivity contribution in [1.29, 1.82) is 0 Å². The van der Waals surface area contributed by atoms with Gasteiger partial charge in [-0.1, -0.05) is 44.2 Å². The third-order valence-corrected chi connectivity index (χ3v) is 5.29. The molecule has 31 heavy (non-hydrogen) atoms. The van der Waals surface area contributed by atoms with Gasteiger partial charge in [-0.05, 0) is 47.2 Å². The molecule has 0 atom stereocenters. The van der Waals surface area contributed by atoms with Gasteiger partial charge in [0.15, 0.2) is 0 Å². The summed E-state index contributed by atoms with van der Waals surface area (Å²) in [7, 11) is 0. The molecule has 1 aromatic heterocycles. The summed E-state index contributed by atoms with van der Waals surface area (Å²) in [5.74, 6) is -0.300. The molecule has 0 saturated carbocycles. The van der Waals surface area contributed by atoms with E-state index in [1.54, 1.807) is 36.4 Å². The average molecular weight is 436 g/mol. The molecule has 0 saturated heterocycles. The lowest BCUT2D eigenvalue weighted by molar-refractivity contribution is -0.116. The van der Waals surface area contributed by atoms with Crippen molar-refractivity contribution in [3.05, 3.63) is 82.0 Å². The number of para-hydroxylation sites is 1. The molecule has 6 nitrogen and oxygen atoms in total. The molecule has 1 heterocycles. The number of rotatable bonds is 8. The molecule has 160 valence electrons. The topological polar surface area (TPSA) is 87.3 Å². The second-order valence-corrected chi connectivity index (χ2v) is 8.45. The first kappa shape index (κ1) is 22.2. The van der Waals surface area contributed by atoms with Crippen LogP contribution in [0.25, 0.3) is 0 Å². The van der Waals surface area contributed by atoms with E-state index in [1.807, 2.05) is 43.5 Å². The molecule has 0 bridgehead atoms. The first-order valence-electron chi connectivity index (χ1n) is 10.0. The number of benzene rings is 2. The van der Waals surface area contributed by atoms with Crippen LogP contribution < -0.4 is 16.0 Å². The van der Waals surface area contributed by atoms with Crippen LogP contribution in [0.4, 0.5) is 11.4 Å². The summed E-state index contributed by atoms with van der Waals surface area (Å²) in [6.07, 6.45) is 0.453. The lowest BCUT2D eigenvalue weighted by atomic mass is 10.1. The van der Waals surface area contributed by atoms with Gasteiger partial charge in [-0.25, -0.2) is 0 Å². The maximum Gasteiger partial charge on any atom is 0.265 e. The molecule has 2 aromatic carbocycles. The SMILES string of the molecule is CC(C)CC(=O)Nc1cccc(CNC(=O)c2ccccc2NC(=O)c2cccs2)c1. The highest BCUT2D eigenvalue weighted by molar-refractivity contribution is 7.12. The Hall–Kier alpha value is -3.45. The number of hydrogen-bond donors (Lipinski definition) is 3. The fourth-order valence-corrected chi connectivity index (χ4v) is 3.62.